The fourth-order valence-corrected chi connectivity index (χ4v) is 2.60. The summed E-state index contributed by atoms with van der Waals surface area (Å²) in [4.78, 5) is 8.67. The van der Waals surface area contributed by atoms with E-state index in [1.54, 1.807) is 24.5 Å². The van der Waals surface area contributed by atoms with Crippen molar-refractivity contribution in [2.75, 3.05) is 11.1 Å². The Hall–Kier alpha value is -2.30. The lowest BCUT2D eigenvalue weighted by Crippen LogP contribution is -2.12. The number of hydrogen-bond acceptors (Lipinski definition) is 5. The second-order valence-electron chi connectivity index (χ2n) is 5.10. The molecule has 0 amide bonds. The van der Waals surface area contributed by atoms with Crippen molar-refractivity contribution < 1.29 is 5.11 Å². The van der Waals surface area contributed by atoms with Gasteiger partial charge in [0.2, 0.25) is 0 Å². The van der Waals surface area contributed by atoms with Crippen LogP contribution in [0.15, 0.2) is 24.5 Å². The van der Waals surface area contributed by atoms with E-state index in [-0.39, 0.29) is 5.75 Å². The number of phenols is 1. The van der Waals surface area contributed by atoms with E-state index in [2.05, 4.69) is 15.3 Å². The monoisotopic (exact) mass is 270 g/mol. The number of rotatable bonds is 3. The van der Waals surface area contributed by atoms with Crippen LogP contribution >= 0.6 is 0 Å². The maximum atomic E-state index is 9.82. The van der Waals surface area contributed by atoms with Gasteiger partial charge in [0.05, 0.1) is 0 Å². The SMILES string of the molecule is Nc1ccc(O)c(CNc2ncnc3c2CCCC3)c1. The molecule has 0 saturated carbocycles. The third-order valence-corrected chi connectivity index (χ3v) is 3.67. The highest BCUT2D eigenvalue weighted by Gasteiger charge is 2.15. The van der Waals surface area contributed by atoms with Crippen molar-refractivity contribution >= 4 is 11.5 Å². The van der Waals surface area contributed by atoms with Gasteiger partial charge in [-0.1, -0.05) is 0 Å². The zero-order chi connectivity index (χ0) is 13.9. The highest BCUT2D eigenvalue weighted by Crippen LogP contribution is 2.26. The average Bonchev–Trinajstić information content (AvgIpc) is 2.48. The summed E-state index contributed by atoms with van der Waals surface area (Å²) in [5, 5.41) is 13.1. The predicted molar refractivity (Wildman–Crippen MR) is 78.5 cm³/mol. The van der Waals surface area contributed by atoms with Gasteiger partial charge in [-0.05, 0) is 43.9 Å². The van der Waals surface area contributed by atoms with E-state index in [0.29, 0.717) is 12.2 Å². The minimum Gasteiger partial charge on any atom is -0.508 e. The van der Waals surface area contributed by atoms with Crippen molar-refractivity contribution in [3.63, 3.8) is 0 Å². The zero-order valence-electron chi connectivity index (χ0n) is 11.3. The first kappa shape index (κ1) is 12.7. The Morgan fingerprint density at radius 3 is 2.95 bits per heavy atom. The van der Waals surface area contributed by atoms with Crippen molar-refractivity contribution in [1.82, 2.24) is 9.97 Å². The quantitative estimate of drug-likeness (QED) is 0.588. The van der Waals surface area contributed by atoms with Gasteiger partial charge in [-0.25, -0.2) is 9.97 Å². The number of nitrogens with one attached hydrogen (secondary N) is 1. The van der Waals surface area contributed by atoms with Gasteiger partial charge in [-0.15, -0.1) is 0 Å². The van der Waals surface area contributed by atoms with E-state index in [1.165, 1.54) is 18.4 Å². The molecule has 0 unspecified atom stereocenters. The summed E-state index contributed by atoms with van der Waals surface area (Å²) >= 11 is 0. The number of phenolic OH excluding ortho intramolecular Hbond substituents is 1. The molecular formula is C15H18N4O. The Labute approximate surface area is 117 Å². The van der Waals surface area contributed by atoms with Gasteiger partial charge < -0.3 is 16.2 Å². The molecule has 104 valence electrons. The predicted octanol–water partition coefficient (Wildman–Crippen LogP) is 2.26. The lowest BCUT2D eigenvalue weighted by atomic mass is 9.96. The van der Waals surface area contributed by atoms with Crippen LogP contribution in [-0.2, 0) is 19.4 Å². The molecule has 1 aromatic carbocycles. The molecule has 2 aromatic rings. The molecule has 0 saturated heterocycles. The maximum Gasteiger partial charge on any atom is 0.133 e. The number of anilines is 2. The number of nitrogens with two attached hydrogens (primary N) is 1. The molecule has 1 aliphatic rings. The van der Waals surface area contributed by atoms with Crippen LogP contribution in [0.4, 0.5) is 11.5 Å². The lowest BCUT2D eigenvalue weighted by Gasteiger charge is -2.18. The second-order valence-corrected chi connectivity index (χ2v) is 5.10. The summed E-state index contributed by atoms with van der Waals surface area (Å²) in [6.45, 7) is 0.500. The minimum absolute atomic E-state index is 0.245. The summed E-state index contributed by atoms with van der Waals surface area (Å²) < 4.78 is 0. The fourth-order valence-electron chi connectivity index (χ4n) is 2.60. The number of aromatic hydroxyl groups is 1. The first-order valence-electron chi connectivity index (χ1n) is 6.88. The van der Waals surface area contributed by atoms with E-state index < -0.39 is 0 Å². The van der Waals surface area contributed by atoms with Crippen molar-refractivity contribution in [3.8, 4) is 5.75 Å². The standard InChI is InChI=1S/C15H18N4O/c16-11-5-6-14(20)10(7-11)8-17-15-12-3-1-2-4-13(12)18-9-19-15/h5-7,9,20H,1-4,8,16H2,(H,17,18,19). The molecular weight excluding hydrogens is 252 g/mol. The molecule has 0 aliphatic heterocycles. The Kier molecular flexibility index (Phi) is 3.41. The van der Waals surface area contributed by atoms with Crippen molar-refractivity contribution in [2.45, 2.75) is 32.2 Å². The van der Waals surface area contributed by atoms with Crippen LogP contribution in [0.1, 0.15) is 29.7 Å². The minimum atomic E-state index is 0.245. The maximum absolute atomic E-state index is 9.82. The Bertz CT molecular complexity index is 627. The third kappa shape index (κ3) is 2.52. The van der Waals surface area contributed by atoms with E-state index in [1.807, 2.05) is 0 Å². The fraction of sp³-hybridized carbons (Fsp3) is 0.333. The molecule has 3 rings (SSSR count). The van der Waals surface area contributed by atoms with Gasteiger partial charge in [-0.2, -0.15) is 0 Å². The van der Waals surface area contributed by atoms with Crippen LogP contribution < -0.4 is 11.1 Å². The zero-order valence-corrected chi connectivity index (χ0v) is 11.3. The van der Waals surface area contributed by atoms with E-state index in [9.17, 15) is 5.11 Å². The Morgan fingerprint density at radius 1 is 1.20 bits per heavy atom. The summed E-state index contributed by atoms with van der Waals surface area (Å²) in [5.41, 5.74) is 9.51. The molecule has 0 atom stereocenters. The first-order valence-corrected chi connectivity index (χ1v) is 6.88. The first-order chi connectivity index (χ1) is 9.74. The van der Waals surface area contributed by atoms with Crippen LogP contribution in [0.25, 0.3) is 0 Å². The number of hydrogen-bond donors (Lipinski definition) is 3. The molecule has 0 bridgehead atoms. The van der Waals surface area contributed by atoms with Gasteiger partial charge in [0.1, 0.15) is 17.9 Å². The smallest absolute Gasteiger partial charge is 0.133 e. The van der Waals surface area contributed by atoms with Crippen molar-refractivity contribution in [2.24, 2.45) is 0 Å². The van der Waals surface area contributed by atoms with Crippen molar-refractivity contribution in [1.29, 1.82) is 0 Å². The molecule has 1 aliphatic carbocycles. The van der Waals surface area contributed by atoms with E-state index in [0.717, 1.165) is 29.9 Å². The number of nitrogens with zero attached hydrogens (tertiary/aromatic N) is 2. The highest BCUT2D eigenvalue weighted by molar-refractivity contribution is 5.51. The molecule has 1 heterocycles. The normalized spacial score (nSPS) is 13.8. The third-order valence-electron chi connectivity index (χ3n) is 3.67. The lowest BCUT2D eigenvalue weighted by molar-refractivity contribution is 0.469. The van der Waals surface area contributed by atoms with Crippen LogP contribution in [0.2, 0.25) is 0 Å². The molecule has 1 aromatic heterocycles. The number of aryl methyl sites for hydroxylation is 1. The van der Waals surface area contributed by atoms with Gasteiger partial charge in [0, 0.05) is 29.1 Å². The average molecular weight is 270 g/mol. The summed E-state index contributed by atoms with van der Waals surface area (Å²) in [7, 11) is 0. The number of fused-ring (bicyclic) bond motifs is 1. The Balaban J connectivity index is 1.80. The largest absolute Gasteiger partial charge is 0.508 e. The Morgan fingerprint density at radius 2 is 2.05 bits per heavy atom. The topological polar surface area (TPSA) is 84.1 Å². The molecule has 0 radical (unpaired) electrons. The van der Waals surface area contributed by atoms with Gasteiger partial charge in [0.25, 0.3) is 0 Å². The summed E-state index contributed by atoms with van der Waals surface area (Å²) in [5.74, 6) is 1.12. The molecule has 0 fully saturated rings. The van der Waals surface area contributed by atoms with Gasteiger partial charge in [0.15, 0.2) is 0 Å². The number of nitrogen functional groups attached to an aromatic ring is 1. The molecule has 4 N–H and O–H groups in total. The van der Waals surface area contributed by atoms with Crippen LogP contribution in [0, 0.1) is 0 Å². The van der Waals surface area contributed by atoms with Crippen LogP contribution in [-0.4, -0.2) is 15.1 Å². The molecule has 0 spiro atoms. The number of benzene rings is 1. The van der Waals surface area contributed by atoms with E-state index >= 15 is 0 Å². The summed E-state index contributed by atoms with van der Waals surface area (Å²) in [6, 6.07) is 5.07. The molecule has 5 nitrogen and oxygen atoms in total. The summed E-state index contributed by atoms with van der Waals surface area (Å²) in [6.07, 6.45) is 6.02. The number of aromatic nitrogens is 2. The van der Waals surface area contributed by atoms with Crippen LogP contribution in [0.5, 0.6) is 5.75 Å². The van der Waals surface area contributed by atoms with Crippen LogP contribution in [0.3, 0.4) is 0 Å². The highest BCUT2D eigenvalue weighted by atomic mass is 16.3. The van der Waals surface area contributed by atoms with Gasteiger partial charge >= 0.3 is 0 Å². The van der Waals surface area contributed by atoms with E-state index in [4.69, 9.17) is 5.73 Å². The second kappa shape index (κ2) is 5.36. The molecule has 20 heavy (non-hydrogen) atoms. The van der Waals surface area contributed by atoms with Gasteiger partial charge in [-0.3, -0.25) is 0 Å². The molecule has 5 heteroatoms. The van der Waals surface area contributed by atoms with Crippen molar-refractivity contribution in [3.05, 3.63) is 41.3 Å².